The molecule has 3 saturated heterocycles. The first-order chi connectivity index (χ1) is 14.1. The van der Waals surface area contributed by atoms with Crippen LogP contribution < -0.4 is 9.47 Å². The summed E-state index contributed by atoms with van der Waals surface area (Å²) in [6, 6.07) is 5.99. The SMILES string of the molecule is COc1cc(CN2CCC3(CC2)CC(CN2CCOCC2)OC3=O)cc(OC)c1. The highest BCUT2D eigenvalue weighted by Gasteiger charge is 2.50. The number of hydrogen-bond donors (Lipinski definition) is 0. The van der Waals surface area contributed by atoms with Crippen molar-refractivity contribution < 1.29 is 23.7 Å². The van der Waals surface area contributed by atoms with E-state index in [1.165, 1.54) is 0 Å². The minimum absolute atomic E-state index is 0.0125. The molecule has 0 N–H and O–H groups in total. The maximum atomic E-state index is 12.7. The minimum atomic E-state index is -0.292. The first-order valence-corrected chi connectivity index (χ1v) is 10.6. The number of esters is 1. The van der Waals surface area contributed by atoms with Crippen LogP contribution in [0.4, 0.5) is 0 Å². The van der Waals surface area contributed by atoms with Crippen molar-refractivity contribution in [2.24, 2.45) is 5.41 Å². The van der Waals surface area contributed by atoms with Crippen LogP contribution >= 0.6 is 0 Å². The molecule has 1 unspecified atom stereocenters. The second kappa shape index (κ2) is 8.90. The van der Waals surface area contributed by atoms with Crippen molar-refractivity contribution in [2.45, 2.75) is 31.9 Å². The number of nitrogens with zero attached hydrogens (tertiary/aromatic N) is 2. The fourth-order valence-electron chi connectivity index (χ4n) is 4.77. The highest BCUT2D eigenvalue weighted by atomic mass is 16.6. The zero-order valence-corrected chi connectivity index (χ0v) is 17.5. The predicted octanol–water partition coefficient (Wildman–Crippen LogP) is 1.93. The van der Waals surface area contributed by atoms with Crippen LogP contribution in [-0.2, 0) is 20.8 Å². The smallest absolute Gasteiger partial charge is 0.312 e. The molecular formula is C22H32N2O5. The molecule has 160 valence electrons. The fourth-order valence-corrected chi connectivity index (χ4v) is 4.77. The molecule has 7 heteroatoms. The molecule has 1 aromatic carbocycles. The molecule has 0 bridgehead atoms. The number of methoxy groups -OCH3 is 2. The maximum absolute atomic E-state index is 12.7. The van der Waals surface area contributed by atoms with Crippen molar-refractivity contribution in [3.05, 3.63) is 23.8 Å². The van der Waals surface area contributed by atoms with Gasteiger partial charge in [0.2, 0.25) is 0 Å². The van der Waals surface area contributed by atoms with Gasteiger partial charge in [-0.25, -0.2) is 0 Å². The molecule has 0 aromatic heterocycles. The summed E-state index contributed by atoms with van der Waals surface area (Å²) < 4.78 is 22.0. The van der Waals surface area contributed by atoms with E-state index in [2.05, 4.69) is 21.9 Å². The van der Waals surface area contributed by atoms with Crippen molar-refractivity contribution in [1.82, 2.24) is 9.80 Å². The number of rotatable bonds is 6. The van der Waals surface area contributed by atoms with E-state index in [0.29, 0.717) is 0 Å². The van der Waals surface area contributed by atoms with Crippen LogP contribution in [0.5, 0.6) is 11.5 Å². The van der Waals surface area contributed by atoms with E-state index in [0.717, 1.165) is 88.8 Å². The molecule has 0 saturated carbocycles. The van der Waals surface area contributed by atoms with Gasteiger partial charge < -0.3 is 18.9 Å². The molecule has 4 rings (SSSR count). The third-order valence-electron chi connectivity index (χ3n) is 6.52. The van der Waals surface area contributed by atoms with Crippen LogP contribution in [-0.4, -0.2) is 82.0 Å². The zero-order chi connectivity index (χ0) is 20.3. The first kappa shape index (κ1) is 20.4. The van der Waals surface area contributed by atoms with Crippen molar-refractivity contribution in [1.29, 1.82) is 0 Å². The molecular weight excluding hydrogens is 372 g/mol. The normalized spacial score (nSPS) is 25.2. The Morgan fingerprint density at radius 3 is 2.28 bits per heavy atom. The van der Waals surface area contributed by atoms with Crippen LogP contribution in [0.3, 0.4) is 0 Å². The number of likely N-dealkylation sites (tertiary alicyclic amines) is 1. The van der Waals surface area contributed by atoms with Crippen molar-refractivity contribution >= 4 is 5.97 Å². The van der Waals surface area contributed by atoms with Gasteiger partial charge in [-0.2, -0.15) is 0 Å². The van der Waals surface area contributed by atoms with E-state index in [1.807, 2.05) is 6.07 Å². The Kier molecular flexibility index (Phi) is 6.27. The number of cyclic esters (lactones) is 1. The van der Waals surface area contributed by atoms with Gasteiger partial charge in [-0.15, -0.1) is 0 Å². The number of piperidine rings is 1. The summed E-state index contributed by atoms with van der Waals surface area (Å²) in [6.45, 7) is 6.88. The molecule has 1 aromatic rings. The lowest BCUT2D eigenvalue weighted by Crippen LogP contribution is -2.43. The van der Waals surface area contributed by atoms with Gasteiger partial charge in [0.15, 0.2) is 0 Å². The quantitative estimate of drug-likeness (QED) is 0.672. The Bertz CT molecular complexity index is 689. The third kappa shape index (κ3) is 4.68. The summed E-state index contributed by atoms with van der Waals surface area (Å²) in [6.07, 6.45) is 2.61. The first-order valence-electron chi connectivity index (χ1n) is 10.6. The number of benzene rings is 1. The number of carbonyl (C=O) groups is 1. The molecule has 3 heterocycles. The summed E-state index contributed by atoms with van der Waals surface area (Å²) in [7, 11) is 3.34. The molecule has 3 aliphatic heterocycles. The Morgan fingerprint density at radius 1 is 1.00 bits per heavy atom. The average molecular weight is 405 g/mol. The van der Waals surface area contributed by atoms with E-state index in [-0.39, 0.29) is 17.5 Å². The van der Waals surface area contributed by atoms with Gasteiger partial charge in [-0.3, -0.25) is 14.6 Å². The molecule has 1 atom stereocenters. The van der Waals surface area contributed by atoms with E-state index < -0.39 is 0 Å². The minimum Gasteiger partial charge on any atom is -0.497 e. The van der Waals surface area contributed by atoms with E-state index in [9.17, 15) is 4.79 Å². The van der Waals surface area contributed by atoms with E-state index >= 15 is 0 Å². The molecule has 0 aliphatic carbocycles. The standard InChI is InChI=1S/C22H32N2O5/c1-26-18-11-17(12-19(13-18)27-2)15-23-5-3-22(4-6-23)14-20(29-21(22)25)16-24-7-9-28-10-8-24/h11-13,20H,3-10,14-16H2,1-2H3. The molecule has 1 spiro atoms. The lowest BCUT2D eigenvalue weighted by molar-refractivity contribution is -0.151. The second-order valence-electron chi connectivity index (χ2n) is 8.42. The van der Waals surface area contributed by atoms with E-state index in [4.69, 9.17) is 18.9 Å². The monoisotopic (exact) mass is 404 g/mol. The molecule has 7 nitrogen and oxygen atoms in total. The van der Waals surface area contributed by atoms with Gasteiger partial charge in [-0.1, -0.05) is 0 Å². The maximum Gasteiger partial charge on any atom is 0.312 e. The average Bonchev–Trinajstić information content (AvgIpc) is 3.04. The van der Waals surface area contributed by atoms with Gasteiger partial charge in [0, 0.05) is 38.7 Å². The Hall–Kier alpha value is -1.83. The van der Waals surface area contributed by atoms with Crippen LogP contribution in [0.15, 0.2) is 18.2 Å². The van der Waals surface area contributed by atoms with Crippen LogP contribution in [0.25, 0.3) is 0 Å². The Morgan fingerprint density at radius 2 is 1.66 bits per heavy atom. The van der Waals surface area contributed by atoms with Gasteiger partial charge in [0.25, 0.3) is 0 Å². The Balaban J connectivity index is 1.32. The fraction of sp³-hybridized carbons (Fsp3) is 0.682. The summed E-state index contributed by atoms with van der Waals surface area (Å²) >= 11 is 0. The largest absolute Gasteiger partial charge is 0.497 e. The van der Waals surface area contributed by atoms with Gasteiger partial charge >= 0.3 is 5.97 Å². The molecule has 0 amide bonds. The van der Waals surface area contributed by atoms with Crippen molar-refractivity contribution in [3.8, 4) is 11.5 Å². The van der Waals surface area contributed by atoms with Crippen LogP contribution in [0.2, 0.25) is 0 Å². The summed E-state index contributed by atoms with van der Waals surface area (Å²) in [5.74, 6) is 1.62. The van der Waals surface area contributed by atoms with Crippen LogP contribution in [0, 0.1) is 5.41 Å². The molecule has 0 radical (unpaired) electrons. The molecule has 3 fully saturated rings. The number of ether oxygens (including phenoxy) is 4. The topological polar surface area (TPSA) is 60.5 Å². The third-order valence-corrected chi connectivity index (χ3v) is 6.52. The van der Waals surface area contributed by atoms with E-state index in [1.54, 1.807) is 14.2 Å². The lowest BCUT2D eigenvalue weighted by atomic mass is 9.76. The zero-order valence-electron chi connectivity index (χ0n) is 17.5. The van der Waals surface area contributed by atoms with Gasteiger partial charge in [-0.05, 0) is 43.6 Å². The highest BCUT2D eigenvalue weighted by molar-refractivity contribution is 5.79. The number of hydrogen-bond acceptors (Lipinski definition) is 7. The molecule has 29 heavy (non-hydrogen) atoms. The lowest BCUT2D eigenvalue weighted by Gasteiger charge is -2.36. The Labute approximate surface area is 172 Å². The summed E-state index contributed by atoms with van der Waals surface area (Å²) in [4.78, 5) is 17.5. The van der Waals surface area contributed by atoms with Crippen molar-refractivity contribution in [3.63, 3.8) is 0 Å². The number of carbonyl (C=O) groups excluding carboxylic acids is 1. The summed E-state index contributed by atoms with van der Waals surface area (Å²) in [5.41, 5.74) is 0.871. The molecule has 3 aliphatic rings. The highest BCUT2D eigenvalue weighted by Crippen LogP contribution is 2.43. The second-order valence-corrected chi connectivity index (χ2v) is 8.42. The van der Waals surface area contributed by atoms with Crippen molar-refractivity contribution in [2.75, 3.05) is 60.2 Å². The predicted molar refractivity (Wildman–Crippen MR) is 108 cm³/mol. The van der Waals surface area contributed by atoms with Gasteiger partial charge in [0.1, 0.15) is 17.6 Å². The summed E-state index contributed by atoms with van der Waals surface area (Å²) in [5, 5.41) is 0. The number of morpholine rings is 1. The van der Waals surface area contributed by atoms with Gasteiger partial charge in [0.05, 0.1) is 32.8 Å². The van der Waals surface area contributed by atoms with Crippen LogP contribution in [0.1, 0.15) is 24.8 Å².